The minimum Gasteiger partial charge on any atom is -0.480 e. The highest BCUT2D eigenvalue weighted by Crippen LogP contribution is 2.10. The topological polar surface area (TPSA) is 66.4 Å². The Morgan fingerprint density at radius 3 is 2.68 bits per heavy atom. The fourth-order valence-corrected chi connectivity index (χ4v) is 1.61. The Bertz CT molecular complexity index is 511. The molecule has 0 aliphatic rings. The van der Waals surface area contributed by atoms with Crippen molar-refractivity contribution in [2.24, 2.45) is 0 Å². The van der Waals surface area contributed by atoms with Crippen LogP contribution >= 0.6 is 0 Å². The fraction of sp³-hybridized carbons (Fsp3) is 0.286. The minimum absolute atomic E-state index is 0.206. The summed E-state index contributed by atoms with van der Waals surface area (Å²) in [4.78, 5) is 22.9. The maximum atomic E-state index is 12.9. The molecule has 0 radical (unpaired) electrons. The van der Waals surface area contributed by atoms with Crippen molar-refractivity contribution in [1.29, 1.82) is 0 Å². The lowest BCUT2D eigenvalue weighted by Gasteiger charge is -2.13. The van der Waals surface area contributed by atoms with Crippen LogP contribution in [0.5, 0.6) is 0 Å². The van der Waals surface area contributed by atoms with E-state index in [-0.39, 0.29) is 12.0 Å². The Labute approximate surface area is 110 Å². The molecule has 0 aliphatic heterocycles. The van der Waals surface area contributed by atoms with Crippen molar-refractivity contribution < 1.29 is 19.1 Å². The SMILES string of the molecule is C/C=C/CC(NC(=O)c1ccc(F)cc1C)C(=O)O. The Hall–Kier alpha value is -2.17. The van der Waals surface area contributed by atoms with E-state index in [1.165, 1.54) is 18.2 Å². The van der Waals surface area contributed by atoms with Crippen LogP contribution in [0.15, 0.2) is 30.4 Å². The van der Waals surface area contributed by atoms with E-state index in [0.717, 1.165) is 0 Å². The number of nitrogens with one attached hydrogen (secondary N) is 1. The van der Waals surface area contributed by atoms with Gasteiger partial charge in [-0.25, -0.2) is 9.18 Å². The zero-order valence-corrected chi connectivity index (χ0v) is 10.8. The summed E-state index contributed by atoms with van der Waals surface area (Å²) in [5, 5.41) is 11.4. The third-order valence-corrected chi connectivity index (χ3v) is 2.64. The monoisotopic (exact) mass is 265 g/mol. The summed E-state index contributed by atoms with van der Waals surface area (Å²) in [5.41, 5.74) is 0.737. The molecule has 0 aliphatic carbocycles. The first-order valence-corrected chi connectivity index (χ1v) is 5.86. The number of allylic oxidation sites excluding steroid dienone is 1. The lowest BCUT2D eigenvalue weighted by atomic mass is 10.1. The molecule has 0 spiro atoms. The van der Waals surface area contributed by atoms with Gasteiger partial charge in [-0.05, 0) is 44.0 Å². The molecule has 0 bridgehead atoms. The molecule has 1 unspecified atom stereocenters. The van der Waals surface area contributed by atoms with Gasteiger partial charge in [0.15, 0.2) is 0 Å². The van der Waals surface area contributed by atoms with Crippen LogP contribution in [0.1, 0.15) is 29.3 Å². The van der Waals surface area contributed by atoms with Crippen LogP contribution in [0.2, 0.25) is 0 Å². The predicted octanol–water partition coefficient (Wildman–Crippen LogP) is 2.28. The first-order chi connectivity index (χ1) is 8.95. The number of hydrogen-bond acceptors (Lipinski definition) is 2. The number of hydrogen-bond donors (Lipinski definition) is 2. The van der Waals surface area contributed by atoms with Crippen LogP contribution in [0.3, 0.4) is 0 Å². The Balaban J connectivity index is 2.84. The summed E-state index contributed by atoms with van der Waals surface area (Å²) >= 11 is 0. The number of carbonyl (C=O) groups excluding carboxylic acids is 1. The molecule has 4 nitrogen and oxygen atoms in total. The molecule has 0 saturated heterocycles. The number of amides is 1. The van der Waals surface area contributed by atoms with Gasteiger partial charge < -0.3 is 10.4 Å². The van der Waals surface area contributed by atoms with Gasteiger partial charge in [-0.2, -0.15) is 0 Å². The number of aryl methyl sites for hydroxylation is 1. The van der Waals surface area contributed by atoms with E-state index in [0.29, 0.717) is 5.56 Å². The van der Waals surface area contributed by atoms with Gasteiger partial charge in [0, 0.05) is 5.56 Å². The molecule has 0 saturated carbocycles. The van der Waals surface area contributed by atoms with Crippen LogP contribution < -0.4 is 5.32 Å². The number of halogens is 1. The highest BCUT2D eigenvalue weighted by atomic mass is 19.1. The van der Waals surface area contributed by atoms with Crippen molar-refractivity contribution in [3.8, 4) is 0 Å². The van der Waals surface area contributed by atoms with Crippen LogP contribution in [0.25, 0.3) is 0 Å². The lowest BCUT2D eigenvalue weighted by molar-refractivity contribution is -0.139. The largest absolute Gasteiger partial charge is 0.480 e. The van der Waals surface area contributed by atoms with Gasteiger partial charge in [0.1, 0.15) is 11.9 Å². The Morgan fingerprint density at radius 2 is 2.16 bits per heavy atom. The van der Waals surface area contributed by atoms with Gasteiger partial charge in [0.2, 0.25) is 0 Å². The van der Waals surface area contributed by atoms with E-state index in [1.807, 2.05) is 0 Å². The minimum atomic E-state index is -1.11. The van der Waals surface area contributed by atoms with E-state index < -0.39 is 23.7 Å². The second kappa shape index (κ2) is 6.68. The van der Waals surface area contributed by atoms with E-state index in [4.69, 9.17) is 5.11 Å². The van der Waals surface area contributed by atoms with Gasteiger partial charge in [-0.15, -0.1) is 0 Å². The third kappa shape index (κ3) is 4.21. The van der Waals surface area contributed by atoms with Crippen molar-refractivity contribution in [2.45, 2.75) is 26.3 Å². The van der Waals surface area contributed by atoms with Crippen LogP contribution in [-0.2, 0) is 4.79 Å². The number of rotatable bonds is 5. The first-order valence-electron chi connectivity index (χ1n) is 5.86. The molecule has 1 amide bonds. The van der Waals surface area contributed by atoms with Gasteiger partial charge in [-0.3, -0.25) is 4.79 Å². The number of aliphatic carboxylic acids is 1. The zero-order chi connectivity index (χ0) is 14.4. The van der Waals surface area contributed by atoms with Crippen molar-refractivity contribution in [2.75, 3.05) is 0 Å². The number of carboxylic acids is 1. The molecule has 19 heavy (non-hydrogen) atoms. The second-order valence-corrected chi connectivity index (χ2v) is 4.13. The normalized spacial score (nSPS) is 12.4. The Kier molecular flexibility index (Phi) is 5.23. The Morgan fingerprint density at radius 1 is 1.47 bits per heavy atom. The molecule has 1 aromatic carbocycles. The summed E-state index contributed by atoms with van der Waals surface area (Å²) in [7, 11) is 0. The van der Waals surface area contributed by atoms with E-state index in [9.17, 15) is 14.0 Å². The first kappa shape index (κ1) is 14.9. The molecular weight excluding hydrogens is 249 g/mol. The zero-order valence-electron chi connectivity index (χ0n) is 10.8. The number of carbonyl (C=O) groups is 2. The maximum absolute atomic E-state index is 12.9. The van der Waals surface area contributed by atoms with Crippen LogP contribution in [0.4, 0.5) is 4.39 Å². The summed E-state index contributed by atoms with van der Waals surface area (Å²) in [6, 6.07) is 2.75. The second-order valence-electron chi connectivity index (χ2n) is 4.13. The quantitative estimate of drug-likeness (QED) is 0.803. The molecular formula is C14H16FNO3. The van der Waals surface area contributed by atoms with Crippen molar-refractivity contribution in [3.63, 3.8) is 0 Å². The molecule has 102 valence electrons. The molecule has 2 N–H and O–H groups in total. The van der Waals surface area contributed by atoms with E-state index in [1.54, 1.807) is 26.0 Å². The molecule has 0 aromatic heterocycles. The van der Waals surface area contributed by atoms with Crippen LogP contribution in [-0.4, -0.2) is 23.0 Å². The average Bonchev–Trinajstić information content (AvgIpc) is 2.33. The maximum Gasteiger partial charge on any atom is 0.326 e. The summed E-state index contributed by atoms with van der Waals surface area (Å²) < 4.78 is 12.9. The number of carboxylic acid groups (broad SMARTS) is 1. The molecule has 1 aromatic rings. The van der Waals surface area contributed by atoms with Crippen molar-refractivity contribution in [3.05, 3.63) is 47.3 Å². The van der Waals surface area contributed by atoms with Crippen molar-refractivity contribution >= 4 is 11.9 Å². The standard InChI is InChI=1S/C14H16FNO3/c1-3-4-5-12(14(18)19)16-13(17)11-7-6-10(15)8-9(11)2/h3-4,6-8,12H,5H2,1-2H3,(H,16,17)(H,18,19)/b4-3+. The lowest BCUT2D eigenvalue weighted by Crippen LogP contribution is -2.40. The number of benzene rings is 1. The summed E-state index contributed by atoms with van der Waals surface area (Å²) in [5.74, 6) is -2.06. The van der Waals surface area contributed by atoms with Crippen LogP contribution in [0, 0.1) is 12.7 Å². The third-order valence-electron chi connectivity index (χ3n) is 2.64. The van der Waals surface area contributed by atoms with Gasteiger partial charge in [0.25, 0.3) is 5.91 Å². The summed E-state index contributed by atoms with van der Waals surface area (Å²) in [6.45, 7) is 3.37. The van der Waals surface area contributed by atoms with E-state index >= 15 is 0 Å². The highest BCUT2D eigenvalue weighted by molar-refractivity contribution is 5.97. The molecule has 1 atom stereocenters. The fourth-order valence-electron chi connectivity index (χ4n) is 1.61. The molecule has 5 heteroatoms. The van der Waals surface area contributed by atoms with Gasteiger partial charge in [-0.1, -0.05) is 12.2 Å². The van der Waals surface area contributed by atoms with Gasteiger partial charge in [0.05, 0.1) is 0 Å². The smallest absolute Gasteiger partial charge is 0.326 e. The average molecular weight is 265 g/mol. The summed E-state index contributed by atoms with van der Waals surface area (Å²) in [6.07, 6.45) is 3.58. The van der Waals surface area contributed by atoms with Gasteiger partial charge >= 0.3 is 5.97 Å². The van der Waals surface area contributed by atoms with Crippen molar-refractivity contribution in [1.82, 2.24) is 5.32 Å². The predicted molar refractivity (Wildman–Crippen MR) is 69.5 cm³/mol. The molecule has 0 fully saturated rings. The van der Waals surface area contributed by atoms with E-state index in [2.05, 4.69) is 5.32 Å². The molecule has 1 rings (SSSR count). The highest BCUT2D eigenvalue weighted by Gasteiger charge is 2.20. The molecule has 0 heterocycles.